The van der Waals surface area contributed by atoms with Crippen LogP contribution in [0.15, 0.2) is 4.99 Å². The molecule has 1 N–H and O–H groups in total. The smallest absolute Gasteiger partial charge is 0.0643 e. The standard InChI is InChI=1S/C11H23NO/c1-7-12-9(10(2,3)4)8-11(5,6)13/h13H,7-8H2,1-6H3. The van der Waals surface area contributed by atoms with E-state index >= 15 is 0 Å². The van der Waals surface area contributed by atoms with E-state index < -0.39 is 5.60 Å². The summed E-state index contributed by atoms with van der Waals surface area (Å²) in [6.45, 7) is 12.9. The van der Waals surface area contributed by atoms with E-state index in [0.29, 0.717) is 6.42 Å². The molecule has 0 radical (unpaired) electrons. The average molecular weight is 185 g/mol. The van der Waals surface area contributed by atoms with Crippen molar-refractivity contribution < 1.29 is 5.11 Å². The van der Waals surface area contributed by atoms with Gasteiger partial charge in [-0.3, -0.25) is 4.99 Å². The second-order valence-electron chi connectivity index (χ2n) is 5.16. The first-order valence-electron chi connectivity index (χ1n) is 4.93. The third-order valence-corrected chi connectivity index (χ3v) is 1.81. The van der Waals surface area contributed by atoms with Crippen molar-refractivity contribution in [2.45, 2.75) is 53.6 Å². The quantitative estimate of drug-likeness (QED) is 0.674. The van der Waals surface area contributed by atoms with Gasteiger partial charge in [-0.25, -0.2) is 0 Å². The molecule has 2 heteroatoms. The summed E-state index contributed by atoms with van der Waals surface area (Å²) in [5.74, 6) is 0. The van der Waals surface area contributed by atoms with E-state index in [4.69, 9.17) is 0 Å². The molecule has 0 aromatic rings. The number of rotatable bonds is 3. The van der Waals surface area contributed by atoms with Crippen molar-refractivity contribution in [1.82, 2.24) is 0 Å². The molecule has 0 bridgehead atoms. The van der Waals surface area contributed by atoms with Crippen molar-refractivity contribution in [1.29, 1.82) is 0 Å². The Morgan fingerprint density at radius 3 is 1.85 bits per heavy atom. The number of aliphatic hydroxyl groups is 1. The number of hydrogen-bond acceptors (Lipinski definition) is 2. The van der Waals surface area contributed by atoms with E-state index in [1.54, 1.807) is 0 Å². The summed E-state index contributed by atoms with van der Waals surface area (Å²) >= 11 is 0. The SMILES string of the molecule is CCN=C(CC(C)(C)O)C(C)(C)C. The normalized spacial score (nSPS) is 14.8. The summed E-state index contributed by atoms with van der Waals surface area (Å²) in [7, 11) is 0. The monoisotopic (exact) mass is 185 g/mol. The van der Waals surface area contributed by atoms with Crippen molar-refractivity contribution >= 4 is 5.71 Å². The van der Waals surface area contributed by atoms with Crippen LogP contribution in [0.2, 0.25) is 0 Å². The van der Waals surface area contributed by atoms with E-state index in [-0.39, 0.29) is 5.41 Å². The fourth-order valence-electron chi connectivity index (χ4n) is 1.16. The Labute approximate surface area is 82.1 Å². The largest absolute Gasteiger partial charge is 0.390 e. The van der Waals surface area contributed by atoms with Crippen molar-refractivity contribution in [2.75, 3.05) is 6.54 Å². The molecule has 13 heavy (non-hydrogen) atoms. The van der Waals surface area contributed by atoms with Gasteiger partial charge in [0, 0.05) is 18.7 Å². The Balaban J connectivity index is 4.57. The van der Waals surface area contributed by atoms with Crippen LogP contribution in [0, 0.1) is 5.41 Å². The molecule has 0 rings (SSSR count). The molecule has 0 atom stereocenters. The van der Waals surface area contributed by atoms with E-state index in [1.807, 2.05) is 20.8 Å². The van der Waals surface area contributed by atoms with Crippen molar-refractivity contribution in [3.8, 4) is 0 Å². The second kappa shape index (κ2) is 4.23. The van der Waals surface area contributed by atoms with Crippen LogP contribution in [-0.4, -0.2) is 23.0 Å². The molecular formula is C11H23NO. The van der Waals surface area contributed by atoms with Gasteiger partial charge in [0.05, 0.1) is 5.60 Å². The summed E-state index contributed by atoms with van der Waals surface area (Å²) in [4.78, 5) is 4.44. The van der Waals surface area contributed by atoms with Crippen LogP contribution in [0.4, 0.5) is 0 Å². The number of aliphatic imine (C=N–C) groups is 1. The van der Waals surface area contributed by atoms with Gasteiger partial charge in [-0.2, -0.15) is 0 Å². The minimum Gasteiger partial charge on any atom is -0.390 e. The first-order chi connectivity index (χ1) is 5.67. The topological polar surface area (TPSA) is 32.6 Å². The maximum Gasteiger partial charge on any atom is 0.0643 e. The summed E-state index contributed by atoms with van der Waals surface area (Å²) in [5.41, 5.74) is 0.514. The van der Waals surface area contributed by atoms with Crippen LogP contribution in [0.25, 0.3) is 0 Å². The average Bonchev–Trinajstić information content (AvgIpc) is 1.81. The molecule has 0 unspecified atom stereocenters. The highest BCUT2D eigenvalue weighted by Gasteiger charge is 2.24. The fourth-order valence-corrected chi connectivity index (χ4v) is 1.16. The Morgan fingerprint density at radius 1 is 1.15 bits per heavy atom. The molecule has 0 aliphatic rings. The molecule has 0 heterocycles. The first-order valence-corrected chi connectivity index (χ1v) is 4.93. The highest BCUT2D eigenvalue weighted by molar-refractivity contribution is 5.90. The van der Waals surface area contributed by atoms with Crippen LogP contribution in [0.5, 0.6) is 0 Å². The predicted molar refractivity (Wildman–Crippen MR) is 58.3 cm³/mol. The molecule has 0 aliphatic carbocycles. The highest BCUT2D eigenvalue weighted by atomic mass is 16.3. The van der Waals surface area contributed by atoms with E-state index in [1.165, 1.54) is 0 Å². The lowest BCUT2D eigenvalue weighted by Gasteiger charge is -2.27. The molecule has 2 nitrogen and oxygen atoms in total. The minimum atomic E-state index is -0.652. The summed E-state index contributed by atoms with van der Waals surface area (Å²) in [6, 6.07) is 0. The van der Waals surface area contributed by atoms with E-state index in [2.05, 4.69) is 25.8 Å². The van der Waals surface area contributed by atoms with Gasteiger partial charge in [0.15, 0.2) is 0 Å². The molecular weight excluding hydrogens is 162 g/mol. The third-order valence-electron chi connectivity index (χ3n) is 1.81. The lowest BCUT2D eigenvalue weighted by Crippen LogP contribution is -2.31. The van der Waals surface area contributed by atoms with Crippen LogP contribution < -0.4 is 0 Å². The third kappa shape index (κ3) is 5.81. The van der Waals surface area contributed by atoms with Gasteiger partial charge in [0.25, 0.3) is 0 Å². The van der Waals surface area contributed by atoms with Crippen LogP contribution in [0.3, 0.4) is 0 Å². The maximum absolute atomic E-state index is 9.70. The molecule has 0 aromatic carbocycles. The van der Waals surface area contributed by atoms with Crippen LogP contribution in [-0.2, 0) is 0 Å². The Bertz CT molecular complexity index is 181. The van der Waals surface area contributed by atoms with Gasteiger partial charge in [-0.15, -0.1) is 0 Å². The lowest BCUT2D eigenvalue weighted by molar-refractivity contribution is 0.0864. The minimum absolute atomic E-state index is 0.0655. The second-order valence-corrected chi connectivity index (χ2v) is 5.16. The van der Waals surface area contributed by atoms with Gasteiger partial charge >= 0.3 is 0 Å². The molecule has 0 amide bonds. The van der Waals surface area contributed by atoms with Gasteiger partial charge in [0.1, 0.15) is 0 Å². The van der Waals surface area contributed by atoms with Crippen molar-refractivity contribution in [3.63, 3.8) is 0 Å². The van der Waals surface area contributed by atoms with Crippen molar-refractivity contribution in [2.24, 2.45) is 10.4 Å². The molecule has 0 aliphatic heterocycles. The Morgan fingerprint density at radius 2 is 1.62 bits per heavy atom. The van der Waals surface area contributed by atoms with E-state index in [9.17, 15) is 5.11 Å². The zero-order valence-corrected chi connectivity index (χ0v) is 9.81. The molecule has 0 saturated carbocycles. The van der Waals surface area contributed by atoms with Gasteiger partial charge in [0.2, 0.25) is 0 Å². The first kappa shape index (κ1) is 12.6. The fraction of sp³-hybridized carbons (Fsp3) is 0.909. The van der Waals surface area contributed by atoms with Crippen LogP contribution in [0.1, 0.15) is 48.0 Å². The highest BCUT2D eigenvalue weighted by Crippen LogP contribution is 2.23. The van der Waals surface area contributed by atoms with Gasteiger partial charge < -0.3 is 5.11 Å². The van der Waals surface area contributed by atoms with Crippen LogP contribution >= 0.6 is 0 Å². The molecule has 0 saturated heterocycles. The molecule has 0 spiro atoms. The van der Waals surface area contributed by atoms with E-state index in [0.717, 1.165) is 12.3 Å². The lowest BCUT2D eigenvalue weighted by atomic mass is 9.83. The van der Waals surface area contributed by atoms with Gasteiger partial charge in [-0.1, -0.05) is 20.8 Å². The van der Waals surface area contributed by atoms with Gasteiger partial charge in [-0.05, 0) is 26.2 Å². The number of nitrogens with zero attached hydrogens (tertiary/aromatic N) is 1. The molecule has 0 fully saturated rings. The summed E-state index contributed by atoms with van der Waals surface area (Å²) in [5, 5.41) is 9.70. The molecule has 78 valence electrons. The maximum atomic E-state index is 9.70. The molecule has 0 aromatic heterocycles. The number of hydrogen-bond donors (Lipinski definition) is 1. The Hall–Kier alpha value is -0.370. The summed E-state index contributed by atoms with van der Waals surface area (Å²) in [6.07, 6.45) is 0.657. The zero-order chi connectivity index (χ0) is 10.7. The predicted octanol–water partition coefficient (Wildman–Crippen LogP) is 2.65. The van der Waals surface area contributed by atoms with Crippen molar-refractivity contribution in [3.05, 3.63) is 0 Å². The zero-order valence-electron chi connectivity index (χ0n) is 9.81. The summed E-state index contributed by atoms with van der Waals surface area (Å²) < 4.78 is 0. The Kier molecular flexibility index (Phi) is 4.11.